The first-order valence-corrected chi connectivity index (χ1v) is 11.0. The maximum atomic E-state index is 12.7. The molecule has 1 aliphatic heterocycles. The number of rotatable bonds is 8. The number of benzene rings is 1. The Bertz CT molecular complexity index is 759. The maximum Gasteiger partial charge on any atom is 0.243 e. The number of amides is 2. The second-order valence-electron chi connectivity index (χ2n) is 7.12. The van der Waals surface area contributed by atoms with E-state index in [4.69, 9.17) is 0 Å². The number of hydrogen-bond donors (Lipinski definition) is 1. The predicted octanol–water partition coefficient (Wildman–Crippen LogP) is 0.366. The van der Waals surface area contributed by atoms with Gasteiger partial charge in [0.25, 0.3) is 0 Å². The van der Waals surface area contributed by atoms with E-state index in [1.165, 1.54) is 4.31 Å². The van der Waals surface area contributed by atoms with Gasteiger partial charge < -0.3 is 10.2 Å². The fraction of sp³-hybridized carbons (Fsp3) is 0.579. The highest BCUT2D eigenvalue weighted by Crippen LogP contribution is 2.17. The van der Waals surface area contributed by atoms with Gasteiger partial charge in [-0.1, -0.05) is 25.1 Å². The van der Waals surface area contributed by atoms with Gasteiger partial charge in [-0.05, 0) is 32.5 Å². The zero-order chi connectivity index (χ0) is 20.7. The van der Waals surface area contributed by atoms with Gasteiger partial charge in [-0.15, -0.1) is 0 Å². The Morgan fingerprint density at radius 3 is 2.21 bits per heavy atom. The van der Waals surface area contributed by atoms with Crippen LogP contribution in [0.1, 0.15) is 20.8 Å². The van der Waals surface area contributed by atoms with Crippen molar-refractivity contribution in [2.75, 3.05) is 45.8 Å². The summed E-state index contributed by atoms with van der Waals surface area (Å²) in [5.74, 6) is -0.195. The van der Waals surface area contributed by atoms with E-state index in [2.05, 4.69) is 5.32 Å². The number of piperazine rings is 1. The van der Waals surface area contributed by atoms with E-state index in [1.54, 1.807) is 40.1 Å². The molecule has 28 heavy (non-hydrogen) atoms. The van der Waals surface area contributed by atoms with E-state index in [0.717, 1.165) is 0 Å². The Kier molecular flexibility index (Phi) is 7.97. The number of carbonyl (C=O) groups is 2. The Labute approximate surface area is 167 Å². The van der Waals surface area contributed by atoms with Gasteiger partial charge in [0.05, 0.1) is 18.0 Å². The van der Waals surface area contributed by atoms with Crippen molar-refractivity contribution in [3.63, 3.8) is 0 Å². The van der Waals surface area contributed by atoms with Crippen molar-refractivity contribution < 1.29 is 18.0 Å². The van der Waals surface area contributed by atoms with Crippen LogP contribution in [-0.4, -0.2) is 86.2 Å². The quantitative estimate of drug-likeness (QED) is 0.669. The molecule has 8 nitrogen and oxygen atoms in total. The van der Waals surface area contributed by atoms with Gasteiger partial charge >= 0.3 is 0 Å². The Balaban J connectivity index is 1.88. The number of sulfonamides is 1. The lowest BCUT2D eigenvalue weighted by molar-refractivity contribution is -0.134. The second kappa shape index (κ2) is 9.99. The van der Waals surface area contributed by atoms with Gasteiger partial charge in [-0.25, -0.2) is 8.42 Å². The van der Waals surface area contributed by atoms with Crippen molar-refractivity contribution in [1.29, 1.82) is 0 Å². The lowest BCUT2D eigenvalue weighted by atomic mass is 10.3. The first-order chi connectivity index (χ1) is 13.2. The minimum absolute atomic E-state index is 0.0570. The lowest BCUT2D eigenvalue weighted by Crippen LogP contribution is -2.53. The summed E-state index contributed by atoms with van der Waals surface area (Å²) < 4.78 is 26.8. The smallest absolute Gasteiger partial charge is 0.243 e. The third-order valence-corrected chi connectivity index (χ3v) is 6.51. The summed E-state index contributed by atoms with van der Waals surface area (Å²) in [6.07, 6.45) is 0. The molecule has 0 aliphatic carbocycles. The van der Waals surface area contributed by atoms with Crippen molar-refractivity contribution in [1.82, 2.24) is 19.4 Å². The summed E-state index contributed by atoms with van der Waals surface area (Å²) in [6.45, 7) is 7.81. The van der Waals surface area contributed by atoms with Crippen LogP contribution < -0.4 is 5.32 Å². The van der Waals surface area contributed by atoms with Crippen molar-refractivity contribution in [3.8, 4) is 0 Å². The molecule has 0 saturated carbocycles. The number of nitrogens with one attached hydrogen (secondary N) is 1. The van der Waals surface area contributed by atoms with Crippen molar-refractivity contribution in [3.05, 3.63) is 30.3 Å². The van der Waals surface area contributed by atoms with Crippen LogP contribution in [0.4, 0.5) is 0 Å². The minimum atomic E-state index is -3.53. The molecule has 1 saturated heterocycles. The van der Waals surface area contributed by atoms with E-state index in [-0.39, 0.29) is 48.9 Å². The largest absolute Gasteiger partial charge is 0.353 e. The molecule has 0 spiro atoms. The number of likely N-dealkylation sites (N-methyl/N-ethyl adjacent to an activating group) is 1. The first-order valence-electron chi connectivity index (χ1n) is 9.58. The van der Waals surface area contributed by atoms with Crippen LogP contribution >= 0.6 is 0 Å². The summed E-state index contributed by atoms with van der Waals surface area (Å²) in [6, 6.07) is 8.38. The summed E-state index contributed by atoms with van der Waals surface area (Å²) in [5, 5.41) is 2.82. The SMILES string of the molecule is CCN(CC(=O)NC(C)C)CC(=O)N1CCN(S(=O)(=O)c2ccccc2)CC1. The summed E-state index contributed by atoms with van der Waals surface area (Å²) >= 11 is 0. The second-order valence-corrected chi connectivity index (χ2v) is 9.06. The molecule has 0 bridgehead atoms. The van der Waals surface area contributed by atoms with Gasteiger partial charge in [0, 0.05) is 32.2 Å². The fourth-order valence-corrected chi connectivity index (χ4v) is 4.50. The number of carbonyl (C=O) groups excluding carboxylic acids is 2. The van der Waals surface area contributed by atoms with Crippen LogP contribution in [0.3, 0.4) is 0 Å². The minimum Gasteiger partial charge on any atom is -0.353 e. The highest BCUT2D eigenvalue weighted by atomic mass is 32.2. The fourth-order valence-electron chi connectivity index (χ4n) is 3.06. The van der Waals surface area contributed by atoms with Crippen molar-refractivity contribution >= 4 is 21.8 Å². The van der Waals surface area contributed by atoms with Crippen molar-refractivity contribution in [2.24, 2.45) is 0 Å². The van der Waals surface area contributed by atoms with Gasteiger partial charge in [0.2, 0.25) is 21.8 Å². The van der Waals surface area contributed by atoms with E-state index < -0.39 is 10.0 Å². The van der Waals surface area contributed by atoms with Crippen LogP contribution in [0.25, 0.3) is 0 Å². The average Bonchev–Trinajstić information content (AvgIpc) is 2.67. The molecule has 1 aliphatic rings. The highest BCUT2D eigenvalue weighted by Gasteiger charge is 2.30. The van der Waals surface area contributed by atoms with Crippen molar-refractivity contribution in [2.45, 2.75) is 31.7 Å². The molecule has 0 radical (unpaired) electrons. The normalized spacial score (nSPS) is 15.8. The standard InChI is InChI=1S/C19H30N4O4S/c1-4-21(14-18(24)20-16(2)3)15-19(25)22-10-12-23(13-11-22)28(26,27)17-8-6-5-7-9-17/h5-9,16H,4,10-15H2,1-3H3,(H,20,24). The molecule has 2 amide bonds. The topological polar surface area (TPSA) is 90.0 Å². The van der Waals surface area contributed by atoms with E-state index in [0.29, 0.717) is 19.6 Å². The maximum absolute atomic E-state index is 12.7. The zero-order valence-corrected chi connectivity index (χ0v) is 17.6. The van der Waals surface area contributed by atoms with Crippen LogP contribution in [0, 0.1) is 0 Å². The number of hydrogen-bond acceptors (Lipinski definition) is 5. The molecule has 1 heterocycles. The van der Waals surface area contributed by atoms with Crippen LogP contribution in [0.15, 0.2) is 35.2 Å². The number of nitrogens with zero attached hydrogens (tertiary/aromatic N) is 3. The molecule has 1 aromatic carbocycles. The summed E-state index contributed by atoms with van der Waals surface area (Å²) in [7, 11) is -3.53. The molecule has 1 N–H and O–H groups in total. The molecule has 0 unspecified atom stereocenters. The molecule has 9 heteroatoms. The van der Waals surface area contributed by atoms with Crippen LogP contribution in [0.2, 0.25) is 0 Å². The van der Waals surface area contributed by atoms with Gasteiger partial charge in [-0.3, -0.25) is 14.5 Å². The van der Waals surface area contributed by atoms with E-state index in [1.807, 2.05) is 20.8 Å². The van der Waals surface area contributed by atoms with Gasteiger partial charge in [0.15, 0.2) is 0 Å². The van der Waals surface area contributed by atoms with Gasteiger partial charge in [-0.2, -0.15) is 4.31 Å². The Morgan fingerprint density at radius 1 is 1.07 bits per heavy atom. The molecule has 156 valence electrons. The lowest BCUT2D eigenvalue weighted by Gasteiger charge is -2.35. The first kappa shape index (κ1) is 22.3. The molecular formula is C19H30N4O4S. The van der Waals surface area contributed by atoms with Crippen LogP contribution in [-0.2, 0) is 19.6 Å². The van der Waals surface area contributed by atoms with Crippen LogP contribution in [0.5, 0.6) is 0 Å². The average molecular weight is 411 g/mol. The molecule has 0 atom stereocenters. The molecule has 1 aromatic rings. The monoisotopic (exact) mass is 410 g/mol. The molecular weight excluding hydrogens is 380 g/mol. The van der Waals surface area contributed by atoms with E-state index in [9.17, 15) is 18.0 Å². The molecule has 2 rings (SSSR count). The Morgan fingerprint density at radius 2 is 1.68 bits per heavy atom. The predicted molar refractivity (Wildman–Crippen MR) is 107 cm³/mol. The highest BCUT2D eigenvalue weighted by molar-refractivity contribution is 7.89. The molecule has 1 fully saturated rings. The third kappa shape index (κ3) is 6.02. The zero-order valence-electron chi connectivity index (χ0n) is 16.8. The molecule has 0 aromatic heterocycles. The Hall–Kier alpha value is -1.97. The third-order valence-electron chi connectivity index (χ3n) is 4.60. The summed E-state index contributed by atoms with van der Waals surface area (Å²) in [5.41, 5.74) is 0. The van der Waals surface area contributed by atoms with E-state index >= 15 is 0 Å². The van der Waals surface area contributed by atoms with Gasteiger partial charge in [0.1, 0.15) is 0 Å². The summed E-state index contributed by atoms with van der Waals surface area (Å²) in [4.78, 5) is 28.2.